The molecule has 0 aliphatic heterocycles. The molecule has 0 amide bonds. The number of pyridine rings is 2. The highest BCUT2D eigenvalue weighted by Gasteiger charge is 2.32. The van der Waals surface area contributed by atoms with Crippen molar-refractivity contribution in [1.82, 2.24) is 24.6 Å². The van der Waals surface area contributed by atoms with E-state index in [4.69, 9.17) is 4.74 Å². The summed E-state index contributed by atoms with van der Waals surface area (Å²) in [7, 11) is 1.50. The van der Waals surface area contributed by atoms with E-state index in [-0.39, 0.29) is 5.65 Å². The molecule has 0 fully saturated rings. The van der Waals surface area contributed by atoms with Gasteiger partial charge in [-0.1, -0.05) is 6.07 Å². The van der Waals surface area contributed by atoms with Gasteiger partial charge in [-0.05, 0) is 24.3 Å². The van der Waals surface area contributed by atoms with Gasteiger partial charge in [0.1, 0.15) is 11.4 Å². The molecule has 136 valence electrons. The summed E-state index contributed by atoms with van der Waals surface area (Å²) in [6.07, 6.45) is -0.594. The number of halogens is 3. The van der Waals surface area contributed by atoms with E-state index in [2.05, 4.69) is 20.1 Å². The molecule has 27 heavy (non-hydrogen) atoms. The van der Waals surface area contributed by atoms with E-state index in [1.807, 2.05) is 0 Å². The minimum absolute atomic E-state index is 0.0660. The van der Waals surface area contributed by atoms with Gasteiger partial charge in [0.2, 0.25) is 5.88 Å². The van der Waals surface area contributed by atoms with Gasteiger partial charge in [0, 0.05) is 24.0 Å². The van der Waals surface area contributed by atoms with E-state index in [9.17, 15) is 13.2 Å². The topological polar surface area (TPSA) is 65.2 Å². The summed E-state index contributed by atoms with van der Waals surface area (Å²) in [4.78, 5) is 12.8. The molecule has 9 heteroatoms. The fraction of sp³-hybridized carbons (Fsp3) is 0.111. The third kappa shape index (κ3) is 3.07. The van der Waals surface area contributed by atoms with Crippen LogP contribution in [0.25, 0.3) is 28.3 Å². The molecule has 0 N–H and O–H groups in total. The molecule has 0 bridgehead atoms. The van der Waals surface area contributed by atoms with Crippen LogP contribution in [-0.4, -0.2) is 31.7 Å². The van der Waals surface area contributed by atoms with Crippen molar-refractivity contribution in [2.45, 2.75) is 6.18 Å². The predicted octanol–water partition coefficient (Wildman–Crippen LogP) is 3.88. The number of fused-ring (bicyclic) bond motifs is 1. The van der Waals surface area contributed by atoms with E-state index in [0.717, 1.165) is 12.3 Å². The third-order valence-electron chi connectivity index (χ3n) is 3.93. The average molecular weight is 371 g/mol. The van der Waals surface area contributed by atoms with Crippen LogP contribution in [0.15, 0.2) is 55.0 Å². The van der Waals surface area contributed by atoms with Gasteiger partial charge in [-0.25, -0.2) is 14.5 Å². The number of alkyl halides is 3. The van der Waals surface area contributed by atoms with Crippen LogP contribution in [0.4, 0.5) is 13.2 Å². The Bertz CT molecular complexity index is 1090. The Morgan fingerprint density at radius 1 is 1.04 bits per heavy atom. The van der Waals surface area contributed by atoms with Crippen molar-refractivity contribution in [2.75, 3.05) is 7.11 Å². The van der Waals surface area contributed by atoms with Gasteiger partial charge in [0.25, 0.3) is 0 Å². The van der Waals surface area contributed by atoms with Gasteiger partial charge >= 0.3 is 6.18 Å². The van der Waals surface area contributed by atoms with Crippen molar-refractivity contribution in [2.24, 2.45) is 0 Å². The minimum Gasteiger partial charge on any atom is -0.481 e. The van der Waals surface area contributed by atoms with Crippen molar-refractivity contribution in [3.8, 4) is 28.5 Å². The maximum atomic E-state index is 13.0. The highest BCUT2D eigenvalue weighted by molar-refractivity contribution is 5.79. The Kier molecular flexibility index (Phi) is 3.98. The van der Waals surface area contributed by atoms with Crippen molar-refractivity contribution in [1.29, 1.82) is 0 Å². The summed E-state index contributed by atoms with van der Waals surface area (Å²) in [6, 6.07) is 9.60. The molecular formula is C18H12F3N5O. The first kappa shape index (κ1) is 17.0. The van der Waals surface area contributed by atoms with E-state index in [1.54, 1.807) is 42.7 Å². The second-order valence-corrected chi connectivity index (χ2v) is 5.63. The summed E-state index contributed by atoms with van der Waals surface area (Å²) < 4.78 is 45.5. The number of nitrogens with zero attached hydrogens (tertiary/aromatic N) is 5. The van der Waals surface area contributed by atoms with E-state index in [0.29, 0.717) is 28.5 Å². The largest absolute Gasteiger partial charge is 0.481 e. The summed E-state index contributed by atoms with van der Waals surface area (Å²) in [5.74, 6) is 0.416. The molecule has 6 nitrogen and oxygen atoms in total. The quantitative estimate of drug-likeness (QED) is 0.547. The predicted molar refractivity (Wildman–Crippen MR) is 91.0 cm³/mol. The molecule has 4 heterocycles. The summed E-state index contributed by atoms with van der Waals surface area (Å²) in [5.41, 5.74) is 1.24. The molecule has 0 saturated carbocycles. The van der Waals surface area contributed by atoms with Crippen molar-refractivity contribution in [3.63, 3.8) is 0 Å². The molecule has 0 saturated heterocycles. The van der Waals surface area contributed by atoms with Crippen LogP contribution in [0.5, 0.6) is 5.88 Å². The van der Waals surface area contributed by atoms with Gasteiger partial charge in [0.15, 0.2) is 5.65 Å². The standard InChI is InChI=1S/C18H12F3N5O/c1-27-15-6-5-11(9-23-15)17-16(13-4-2-3-7-22-13)25-14-8-12(18(19,20)21)10-24-26(14)17/h2-10H,1H3. The van der Waals surface area contributed by atoms with Gasteiger partial charge < -0.3 is 4.74 Å². The molecule has 0 atom stereocenters. The van der Waals surface area contributed by atoms with Crippen LogP contribution in [0.3, 0.4) is 0 Å². The maximum absolute atomic E-state index is 13.0. The summed E-state index contributed by atoms with van der Waals surface area (Å²) >= 11 is 0. The highest BCUT2D eigenvalue weighted by Crippen LogP contribution is 2.34. The number of hydrogen-bond acceptors (Lipinski definition) is 5. The third-order valence-corrected chi connectivity index (χ3v) is 3.93. The summed E-state index contributed by atoms with van der Waals surface area (Å²) in [6.45, 7) is 0. The lowest BCUT2D eigenvalue weighted by atomic mass is 10.1. The average Bonchev–Trinajstić information content (AvgIpc) is 3.07. The highest BCUT2D eigenvalue weighted by atomic mass is 19.4. The first-order valence-electron chi connectivity index (χ1n) is 7.85. The van der Waals surface area contributed by atoms with Crippen LogP contribution in [0.1, 0.15) is 5.56 Å². The molecule has 0 aliphatic carbocycles. The molecule has 4 rings (SSSR count). The lowest BCUT2D eigenvalue weighted by Gasteiger charge is -2.07. The SMILES string of the molecule is COc1ccc(-c2c(-c3ccccn3)nc3cc(C(F)(F)F)cnn23)cn1. The van der Waals surface area contributed by atoms with E-state index >= 15 is 0 Å². The molecule has 0 radical (unpaired) electrons. The van der Waals surface area contributed by atoms with Crippen LogP contribution in [0.2, 0.25) is 0 Å². The molecule has 4 aromatic heterocycles. The van der Waals surface area contributed by atoms with Crippen LogP contribution >= 0.6 is 0 Å². The summed E-state index contributed by atoms with van der Waals surface area (Å²) in [5, 5.41) is 3.96. The first-order chi connectivity index (χ1) is 13.0. The van der Waals surface area contributed by atoms with Crippen LogP contribution in [-0.2, 0) is 6.18 Å². The molecule has 0 aliphatic rings. The fourth-order valence-electron chi connectivity index (χ4n) is 2.67. The second-order valence-electron chi connectivity index (χ2n) is 5.63. The smallest absolute Gasteiger partial charge is 0.418 e. The molecular weight excluding hydrogens is 359 g/mol. The fourth-order valence-corrected chi connectivity index (χ4v) is 2.67. The van der Waals surface area contributed by atoms with E-state index in [1.165, 1.54) is 11.6 Å². The normalized spacial score (nSPS) is 11.7. The zero-order valence-electron chi connectivity index (χ0n) is 14.0. The number of ether oxygens (including phenoxy) is 1. The number of imidazole rings is 1. The molecule has 0 spiro atoms. The van der Waals surface area contributed by atoms with Gasteiger partial charge in [-0.2, -0.15) is 18.3 Å². The lowest BCUT2D eigenvalue weighted by Crippen LogP contribution is -2.07. The Morgan fingerprint density at radius 3 is 2.52 bits per heavy atom. The zero-order valence-corrected chi connectivity index (χ0v) is 14.0. The Morgan fingerprint density at radius 2 is 1.89 bits per heavy atom. The van der Waals surface area contributed by atoms with Crippen LogP contribution < -0.4 is 4.74 Å². The van der Waals surface area contributed by atoms with Crippen molar-refractivity contribution in [3.05, 3.63) is 60.6 Å². The number of rotatable bonds is 3. The molecule has 4 aromatic rings. The van der Waals surface area contributed by atoms with Gasteiger partial charge in [-0.15, -0.1) is 0 Å². The Labute approximate surface area is 151 Å². The Balaban J connectivity index is 1.98. The number of hydrogen-bond donors (Lipinski definition) is 0. The van der Waals surface area contributed by atoms with Gasteiger partial charge in [0.05, 0.1) is 24.6 Å². The molecule has 0 unspecified atom stereocenters. The Hall–Kier alpha value is -3.49. The van der Waals surface area contributed by atoms with Crippen LogP contribution in [0, 0.1) is 0 Å². The number of aromatic nitrogens is 5. The zero-order chi connectivity index (χ0) is 19.0. The van der Waals surface area contributed by atoms with Crippen molar-refractivity contribution >= 4 is 5.65 Å². The van der Waals surface area contributed by atoms with Gasteiger partial charge in [-0.3, -0.25) is 4.98 Å². The second kappa shape index (κ2) is 6.35. The molecule has 0 aromatic carbocycles. The minimum atomic E-state index is -4.51. The van der Waals surface area contributed by atoms with Crippen molar-refractivity contribution < 1.29 is 17.9 Å². The first-order valence-corrected chi connectivity index (χ1v) is 7.85. The monoisotopic (exact) mass is 371 g/mol. The number of methoxy groups -OCH3 is 1. The lowest BCUT2D eigenvalue weighted by molar-refractivity contribution is -0.137. The van der Waals surface area contributed by atoms with E-state index < -0.39 is 11.7 Å². The maximum Gasteiger partial charge on any atom is 0.418 e.